The summed E-state index contributed by atoms with van der Waals surface area (Å²) >= 11 is 1.65. The first-order valence-electron chi connectivity index (χ1n) is 8.16. The van der Waals surface area contributed by atoms with Gasteiger partial charge in [0.2, 0.25) is 0 Å². The lowest BCUT2D eigenvalue weighted by Crippen LogP contribution is -2.40. The Labute approximate surface area is 146 Å². The molecule has 1 aromatic carbocycles. The molecular formula is C19H21NO3S. The molecule has 0 bridgehead atoms. The maximum Gasteiger partial charge on any atom is 0.263 e. The van der Waals surface area contributed by atoms with Crippen LogP contribution in [-0.4, -0.2) is 29.2 Å². The summed E-state index contributed by atoms with van der Waals surface area (Å²) in [5.41, 5.74) is 1.79. The molecular weight excluding hydrogens is 322 g/mol. The van der Waals surface area contributed by atoms with Crippen LogP contribution in [0.15, 0.2) is 41.1 Å². The summed E-state index contributed by atoms with van der Waals surface area (Å²) in [6.07, 6.45) is 1.43. The van der Waals surface area contributed by atoms with E-state index in [2.05, 4.69) is 11.4 Å². The van der Waals surface area contributed by atoms with Crippen LogP contribution < -0.4 is 4.74 Å². The molecule has 24 heavy (non-hydrogen) atoms. The lowest BCUT2D eigenvalue weighted by Gasteiger charge is -2.27. The Morgan fingerprint density at radius 2 is 2.17 bits per heavy atom. The lowest BCUT2D eigenvalue weighted by atomic mass is 10.1. The van der Waals surface area contributed by atoms with Gasteiger partial charge in [-0.1, -0.05) is 12.1 Å². The molecule has 126 valence electrons. The molecule has 0 radical (unpaired) electrons. The molecule has 0 aliphatic carbocycles. The van der Waals surface area contributed by atoms with Crippen LogP contribution in [0.3, 0.4) is 0 Å². The first-order valence-corrected chi connectivity index (χ1v) is 9.11. The summed E-state index contributed by atoms with van der Waals surface area (Å²) in [7, 11) is 0. The van der Waals surface area contributed by atoms with E-state index in [1.54, 1.807) is 42.5 Å². The Kier molecular flexibility index (Phi) is 5.00. The van der Waals surface area contributed by atoms with Crippen LogP contribution in [0.5, 0.6) is 5.75 Å². The number of nitrogens with zero attached hydrogens (tertiary/aromatic N) is 1. The quantitative estimate of drug-likeness (QED) is 0.769. The molecule has 1 aliphatic rings. The number of hydrogen-bond acceptors (Lipinski definition) is 4. The summed E-state index contributed by atoms with van der Waals surface area (Å²) in [4.78, 5) is 26.2. The van der Waals surface area contributed by atoms with E-state index in [9.17, 15) is 9.59 Å². The molecule has 1 amide bonds. The fourth-order valence-electron chi connectivity index (χ4n) is 3.12. The second-order valence-electron chi connectivity index (χ2n) is 6.09. The molecule has 1 aromatic heterocycles. The largest absolute Gasteiger partial charge is 0.481 e. The average Bonchev–Trinajstić information content (AvgIpc) is 3.25. The van der Waals surface area contributed by atoms with Gasteiger partial charge in [0.05, 0.1) is 6.04 Å². The van der Waals surface area contributed by atoms with Crippen molar-refractivity contribution in [2.24, 2.45) is 0 Å². The maximum atomic E-state index is 12.8. The summed E-state index contributed by atoms with van der Waals surface area (Å²) < 4.78 is 5.80. The van der Waals surface area contributed by atoms with Gasteiger partial charge in [-0.25, -0.2) is 0 Å². The highest BCUT2D eigenvalue weighted by Gasteiger charge is 2.33. The molecule has 2 atom stereocenters. The Balaban J connectivity index is 1.70. The molecule has 4 nitrogen and oxygen atoms in total. The Morgan fingerprint density at radius 3 is 2.88 bits per heavy atom. The molecule has 1 aliphatic heterocycles. The molecule has 0 saturated carbocycles. The number of likely N-dealkylation sites (tertiary alicyclic amines) is 1. The maximum absolute atomic E-state index is 12.8. The van der Waals surface area contributed by atoms with E-state index >= 15 is 0 Å². The first kappa shape index (κ1) is 16.7. The van der Waals surface area contributed by atoms with Crippen LogP contribution in [-0.2, 0) is 4.79 Å². The highest BCUT2D eigenvalue weighted by molar-refractivity contribution is 7.08. The van der Waals surface area contributed by atoms with E-state index in [-0.39, 0.29) is 17.7 Å². The van der Waals surface area contributed by atoms with Gasteiger partial charge in [-0.05, 0) is 61.2 Å². The number of Topliss-reactive ketones (excluding diaryl/α,β-unsaturated/α-hetero) is 1. The Morgan fingerprint density at radius 1 is 1.33 bits per heavy atom. The number of ketones is 1. The van der Waals surface area contributed by atoms with Crippen molar-refractivity contribution in [3.63, 3.8) is 0 Å². The first-order chi connectivity index (χ1) is 11.6. The van der Waals surface area contributed by atoms with Gasteiger partial charge in [0.1, 0.15) is 5.75 Å². The number of hydrogen-bond donors (Lipinski definition) is 0. The minimum absolute atomic E-state index is 0.00284. The minimum Gasteiger partial charge on any atom is -0.481 e. The minimum atomic E-state index is -0.577. The zero-order valence-corrected chi connectivity index (χ0v) is 14.7. The van der Waals surface area contributed by atoms with Crippen molar-refractivity contribution >= 4 is 23.0 Å². The van der Waals surface area contributed by atoms with E-state index < -0.39 is 6.10 Å². The molecule has 2 heterocycles. The predicted octanol–water partition coefficient (Wildman–Crippen LogP) is 4.08. The third kappa shape index (κ3) is 3.51. The SMILES string of the molecule is CC(=O)c1cccc(O[C@H](C)C(=O)N2CCC[C@@H]2c2ccsc2)c1. The highest BCUT2D eigenvalue weighted by atomic mass is 32.1. The van der Waals surface area contributed by atoms with Crippen molar-refractivity contribution in [1.29, 1.82) is 0 Å². The van der Waals surface area contributed by atoms with Crippen molar-refractivity contribution in [1.82, 2.24) is 4.90 Å². The number of amides is 1. The normalized spacial score (nSPS) is 18.4. The summed E-state index contributed by atoms with van der Waals surface area (Å²) in [5.74, 6) is 0.531. The van der Waals surface area contributed by atoms with E-state index in [1.165, 1.54) is 12.5 Å². The smallest absolute Gasteiger partial charge is 0.263 e. The van der Waals surface area contributed by atoms with Crippen LogP contribution in [0.1, 0.15) is 48.7 Å². The molecule has 3 rings (SSSR count). The van der Waals surface area contributed by atoms with E-state index in [4.69, 9.17) is 4.74 Å². The monoisotopic (exact) mass is 343 g/mol. The number of ether oxygens (including phenoxy) is 1. The molecule has 0 N–H and O–H groups in total. The van der Waals surface area contributed by atoms with Crippen molar-refractivity contribution in [3.8, 4) is 5.75 Å². The van der Waals surface area contributed by atoms with Crippen LogP contribution >= 0.6 is 11.3 Å². The molecule has 0 unspecified atom stereocenters. The number of thiophene rings is 1. The zero-order valence-electron chi connectivity index (χ0n) is 13.9. The molecule has 2 aromatic rings. The van der Waals surface area contributed by atoms with Gasteiger partial charge in [-0.2, -0.15) is 11.3 Å². The summed E-state index contributed by atoms with van der Waals surface area (Å²) in [6, 6.07) is 9.21. The standard InChI is InChI=1S/C19H21NO3S/c1-13(21)15-5-3-6-17(11-15)23-14(2)19(22)20-9-4-7-18(20)16-8-10-24-12-16/h3,5-6,8,10-12,14,18H,4,7,9H2,1-2H3/t14-,18-/m1/s1. The van der Waals surface area contributed by atoms with Gasteiger partial charge >= 0.3 is 0 Å². The van der Waals surface area contributed by atoms with E-state index in [0.717, 1.165) is 19.4 Å². The zero-order chi connectivity index (χ0) is 17.1. The number of rotatable bonds is 5. The highest BCUT2D eigenvalue weighted by Crippen LogP contribution is 2.33. The number of benzene rings is 1. The van der Waals surface area contributed by atoms with Gasteiger partial charge in [-0.3, -0.25) is 9.59 Å². The van der Waals surface area contributed by atoms with Gasteiger partial charge in [-0.15, -0.1) is 0 Å². The van der Waals surface area contributed by atoms with Crippen molar-refractivity contribution in [2.75, 3.05) is 6.54 Å². The van der Waals surface area contributed by atoms with Crippen molar-refractivity contribution in [2.45, 2.75) is 38.8 Å². The molecule has 1 saturated heterocycles. The van der Waals surface area contributed by atoms with Crippen molar-refractivity contribution < 1.29 is 14.3 Å². The van der Waals surface area contributed by atoms with Gasteiger partial charge < -0.3 is 9.64 Å². The summed E-state index contributed by atoms with van der Waals surface area (Å²) in [6.45, 7) is 4.05. The lowest BCUT2D eigenvalue weighted by molar-refractivity contribution is -0.138. The van der Waals surface area contributed by atoms with Crippen molar-refractivity contribution in [3.05, 3.63) is 52.2 Å². The van der Waals surface area contributed by atoms with E-state index in [0.29, 0.717) is 11.3 Å². The Bertz CT molecular complexity index is 726. The third-order valence-electron chi connectivity index (χ3n) is 4.37. The van der Waals surface area contributed by atoms with Crippen LogP contribution in [0.25, 0.3) is 0 Å². The second kappa shape index (κ2) is 7.18. The van der Waals surface area contributed by atoms with Crippen LogP contribution in [0.4, 0.5) is 0 Å². The fourth-order valence-corrected chi connectivity index (χ4v) is 3.83. The topological polar surface area (TPSA) is 46.6 Å². The van der Waals surface area contributed by atoms with Gasteiger partial charge in [0.25, 0.3) is 5.91 Å². The van der Waals surface area contributed by atoms with Crippen LogP contribution in [0, 0.1) is 0 Å². The Hall–Kier alpha value is -2.14. The average molecular weight is 343 g/mol. The number of carbonyl (C=O) groups excluding carboxylic acids is 2. The fraction of sp³-hybridized carbons (Fsp3) is 0.368. The predicted molar refractivity (Wildman–Crippen MR) is 94.5 cm³/mol. The molecule has 5 heteroatoms. The third-order valence-corrected chi connectivity index (χ3v) is 5.07. The second-order valence-corrected chi connectivity index (χ2v) is 6.87. The van der Waals surface area contributed by atoms with Gasteiger partial charge in [0, 0.05) is 12.1 Å². The number of carbonyl (C=O) groups is 2. The van der Waals surface area contributed by atoms with Crippen LogP contribution in [0.2, 0.25) is 0 Å². The van der Waals surface area contributed by atoms with Gasteiger partial charge in [0.15, 0.2) is 11.9 Å². The molecule has 0 spiro atoms. The van der Waals surface area contributed by atoms with E-state index in [1.807, 2.05) is 10.3 Å². The summed E-state index contributed by atoms with van der Waals surface area (Å²) in [5, 5.41) is 4.15. The molecule has 1 fully saturated rings.